The quantitative estimate of drug-likeness (QED) is 0.439. The first-order valence-corrected chi connectivity index (χ1v) is 13.3. The molecule has 3 aromatic rings. The largest absolute Gasteiger partial charge is 0.280 e. The molecule has 33 heavy (non-hydrogen) atoms. The number of sulfonamides is 1. The summed E-state index contributed by atoms with van der Waals surface area (Å²) in [6.07, 6.45) is 4.40. The van der Waals surface area contributed by atoms with Crippen LogP contribution in [0.1, 0.15) is 35.2 Å². The molecular formula is C25H27N3O3S2. The standard InChI is InChI=1S/C25H27N3O3S2/c1-3-14-28(25-26-22(18-32-25)20-10-6-4-7-11-20)24(29)21-13-12-19(2)23(17-21)33(30,31)27-15-8-5-9-16-27/h3-4,6-7,10-13,17-18H,1,5,8-9,14-16H2,2H3. The second-order valence-electron chi connectivity index (χ2n) is 8.03. The van der Waals surface area contributed by atoms with Crippen molar-refractivity contribution in [3.63, 3.8) is 0 Å². The van der Waals surface area contributed by atoms with Gasteiger partial charge in [0.05, 0.1) is 10.6 Å². The predicted molar refractivity (Wildman–Crippen MR) is 133 cm³/mol. The van der Waals surface area contributed by atoms with Crippen molar-refractivity contribution in [2.75, 3.05) is 24.5 Å². The Kier molecular flexibility index (Phi) is 7.07. The highest BCUT2D eigenvalue weighted by Gasteiger charge is 2.29. The Morgan fingerprint density at radius 2 is 1.88 bits per heavy atom. The number of anilines is 1. The molecule has 8 heteroatoms. The minimum absolute atomic E-state index is 0.193. The first kappa shape index (κ1) is 23.4. The monoisotopic (exact) mass is 481 g/mol. The molecule has 2 heterocycles. The summed E-state index contributed by atoms with van der Waals surface area (Å²) in [6.45, 7) is 6.85. The molecule has 6 nitrogen and oxygen atoms in total. The van der Waals surface area contributed by atoms with Gasteiger partial charge in [0.15, 0.2) is 5.13 Å². The lowest BCUT2D eigenvalue weighted by Crippen LogP contribution is -2.36. The third-order valence-corrected chi connectivity index (χ3v) is 8.62. The Bertz CT molecular complexity index is 1250. The molecule has 0 N–H and O–H groups in total. The van der Waals surface area contributed by atoms with Crippen LogP contribution < -0.4 is 4.90 Å². The Morgan fingerprint density at radius 3 is 2.58 bits per heavy atom. The van der Waals surface area contributed by atoms with Crippen molar-refractivity contribution >= 4 is 32.4 Å². The molecule has 0 atom stereocenters. The summed E-state index contributed by atoms with van der Waals surface area (Å²) in [5.74, 6) is -0.307. The third-order valence-electron chi connectivity index (χ3n) is 5.72. The van der Waals surface area contributed by atoms with E-state index < -0.39 is 10.0 Å². The second kappa shape index (κ2) is 9.99. The molecule has 0 aliphatic carbocycles. The van der Waals surface area contributed by atoms with Crippen LogP contribution in [0.3, 0.4) is 0 Å². The minimum atomic E-state index is -3.65. The van der Waals surface area contributed by atoms with Gasteiger partial charge in [-0.05, 0) is 37.5 Å². The average molecular weight is 482 g/mol. The molecule has 0 bridgehead atoms. The van der Waals surface area contributed by atoms with E-state index in [9.17, 15) is 13.2 Å². The maximum absolute atomic E-state index is 13.5. The number of carbonyl (C=O) groups excluding carboxylic acids is 1. The van der Waals surface area contributed by atoms with Crippen molar-refractivity contribution < 1.29 is 13.2 Å². The van der Waals surface area contributed by atoms with Crippen LogP contribution in [0.4, 0.5) is 5.13 Å². The molecule has 1 aromatic heterocycles. The molecule has 4 rings (SSSR count). The Balaban J connectivity index is 1.66. The van der Waals surface area contributed by atoms with Crippen molar-refractivity contribution in [2.45, 2.75) is 31.1 Å². The van der Waals surface area contributed by atoms with Crippen molar-refractivity contribution in [3.05, 3.63) is 77.7 Å². The fraction of sp³-hybridized carbons (Fsp3) is 0.280. The van der Waals surface area contributed by atoms with E-state index in [0.717, 1.165) is 30.5 Å². The molecule has 0 radical (unpaired) electrons. The second-order valence-corrected chi connectivity index (χ2v) is 10.8. The van der Waals surface area contributed by atoms with Gasteiger partial charge in [-0.3, -0.25) is 9.69 Å². The minimum Gasteiger partial charge on any atom is -0.280 e. The van der Waals surface area contributed by atoms with Gasteiger partial charge in [-0.15, -0.1) is 17.9 Å². The van der Waals surface area contributed by atoms with E-state index in [4.69, 9.17) is 0 Å². The lowest BCUT2D eigenvalue weighted by Gasteiger charge is -2.27. The molecular weight excluding hydrogens is 454 g/mol. The van der Waals surface area contributed by atoms with E-state index in [1.165, 1.54) is 26.6 Å². The van der Waals surface area contributed by atoms with Gasteiger partial charge < -0.3 is 0 Å². The molecule has 1 aliphatic rings. The van der Waals surface area contributed by atoms with Crippen LogP contribution in [0.5, 0.6) is 0 Å². The summed E-state index contributed by atoms with van der Waals surface area (Å²) in [5, 5.41) is 2.45. The summed E-state index contributed by atoms with van der Waals surface area (Å²) in [7, 11) is -3.65. The number of hydrogen-bond donors (Lipinski definition) is 0. The molecule has 2 aromatic carbocycles. The lowest BCUT2D eigenvalue weighted by molar-refractivity contribution is 0.0989. The molecule has 1 amide bonds. The van der Waals surface area contributed by atoms with E-state index in [1.807, 2.05) is 35.7 Å². The number of piperidine rings is 1. The highest BCUT2D eigenvalue weighted by Crippen LogP contribution is 2.30. The van der Waals surface area contributed by atoms with E-state index in [2.05, 4.69) is 11.6 Å². The molecule has 1 aliphatic heterocycles. The Labute approximate surface area is 199 Å². The summed E-state index contributed by atoms with van der Waals surface area (Å²) >= 11 is 1.37. The SMILES string of the molecule is C=CCN(C(=O)c1ccc(C)c(S(=O)(=O)N2CCCCC2)c1)c1nc(-c2ccccc2)cs1. The van der Waals surface area contributed by atoms with Crippen LogP contribution in [-0.2, 0) is 10.0 Å². The summed E-state index contributed by atoms with van der Waals surface area (Å²) in [6, 6.07) is 14.6. The average Bonchev–Trinajstić information content (AvgIpc) is 3.33. The zero-order valence-electron chi connectivity index (χ0n) is 18.6. The van der Waals surface area contributed by atoms with Crippen LogP contribution in [-0.4, -0.2) is 43.2 Å². The topological polar surface area (TPSA) is 70.6 Å². The maximum atomic E-state index is 13.5. The first-order valence-electron chi connectivity index (χ1n) is 11.0. The van der Waals surface area contributed by atoms with Gasteiger partial charge in [0.1, 0.15) is 0 Å². The fourth-order valence-corrected chi connectivity index (χ4v) is 6.53. The highest BCUT2D eigenvalue weighted by molar-refractivity contribution is 7.89. The van der Waals surface area contributed by atoms with Gasteiger partial charge in [-0.1, -0.05) is 48.9 Å². The number of aromatic nitrogens is 1. The molecule has 1 fully saturated rings. The van der Waals surface area contributed by atoms with E-state index in [0.29, 0.717) is 29.3 Å². The van der Waals surface area contributed by atoms with Crippen LogP contribution in [0, 0.1) is 6.92 Å². The Hall–Kier alpha value is -2.81. The molecule has 172 valence electrons. The summed E-state index contributed by atoms with van der Waals surface area (Å²) < 4.78 is 28.1. The molecule has 0 spiro atoms. The predicted octanol–water partition coefficient (Wildman–Crippen LogP) is 5.13. The zero-order chi connectivity index (χ0) is 23.4. The molecule has 0 unspecified atom stereocenters. The number of thiazole rings is 1. The number of hydrogen-bond acceptors (Lipinski definition) is 5. The van der Waals surface area contributed by atoms with Gasteiger partial charge in [-0.2, -0.15) is 4.31 Å². The van der Waals surface area contributed by atoms with Crippen LogP contribution >= 0.6 is 11.3 Å². The van der Waals surface area contributed by atoms with Crippen molar-refractivity contribution in [1.82, 2.24) is 9.29 Å². The fourth-order valence-electron chi connectivity index (χ4n) is 3.92. The zero-order valence-corrected chi connectivity index (χ0v) is 20.2. The smallest absolute Gasteiger partial charge is 0.260 e. The number of rotatable bonds is 7. The van der Waals surface area contributed by atoms with E-state index in [-0.39, 0.29) is 17.3 Å². The van der Waals surface area contributed by atoms with Crippen molar-refractivity contribution in [2.24, 2.45) is 0 Å². The van der Waals surface area contributed by atoms with E-state index >= 15 is 0 Å². The van der Waals surface area contributed by atoms with Crippen molar-refractivity contribution in [1.29, 1.82) is 0 Å². The third kappa shape index (κ3) is 4.93. The van der Waals surface area contributed by atoms with Gasteiger partial charge in [0.2, 0.25) is 10.0 Å². The van der Waals surface area contributed by atoms with Crippen molar-refractivity contribution in [3.8, 4) is 11.3 Å². The molecule has 0 saturated carbocycles. The van der Waals surface area contributed by atoms with Crippen LogP contribution in [0.15, 0.2) is 71.5 Å². The first-order chi connectivity index (χ1) is 15.9. The highest BCUT2D eigenvalue weighted by atomic mass is 32.2. The van der Waals surface area contributed by atoms with Gasteiger partial charge in [0, 0.05) is 36.1 Å². The van der Waals surface area contributed by atoms with Crippen LogP contribution in [0.25, 0.3) is 11.3 Å². The summed E-state index contributed by atoms with van der Waals surface area (Å²) in [5.41, 5.74) is 2.70. The lowest BCUT2D eigenvalue weighted by atomic mass is 10.1. The summed E-state index contributed by atoms with van der Waals surface area (Å²) in [4.78, 5) is 19.9. The number of carbonyl (C=O) groups is 1. The van der Waals surface area contributed by atoms with Gasteiger partial charge >= 0.3 is 0 Å². The number of nitrogens with zero attached hydrogens (tertiary/aromatic N) is 3. The van der Waals surface area contributed by atoms with E-state index in [1.54, 1.807) is 25.1 Å². The van der Waals surface area contributed by atoms with Gasteiger partial charge in [0.25, 0.3) is 5.91 Å². The Morgan fingerprint density at radius 1 is 1.15 bits per heavy atom. The number of benzene rings is 2. The maximum Gasteiger partial charge on any atom is 0.260 e. The van der Waals surface area contributed by atoms with Gasteiger partial charge in [-0.25, -0.2) is 13.4 Å². The molecule has 1 saturated heterocycles. The number of aryl methyl sites for hydroxylation is 1. The van der Waals surface area contributed by atoms with Crippen LogP contribution in [0.2, 0.25) is 0 Å². The number of amides is 1. The normalized spacial score (nSPS) is 14.7.